The van der Waals surface area contributed by atoms with Crippen LogP contribution in [0.4, 0.5) is 0 Å². The molecule has 23 heavy (non-hydrogen) atoms. The molecule has 1 aliphatic heterocycles. The number of carbonyl (C=O) groups is 1. The minimum Gasteiger partial charge on any atom is -0.510 e. The van der Waals surface area contributed by atoms with E-state index in [4.69, 9.17) is 0 Å². The highest BCUT2D eigenvalue weighted by molar-refractivity contribution is 5.95. The Morgan fingerprint density at radius 3 is 2.39 bits per heavy atom. The number of Topliss-reactive ketones (excluding diaryl/α,β-unsaturated/α-hetero) is 1. The van der Waals surface area contributed by atoms with Crippen LogP contribution in [-0.2, 0) is 11.3 Å². The van der Waals surface area contributed by atoms with Crippen molar-refractivity contribution in [1.82, 2.24) is 4.90 Å². The number of benzene rings is 2. The molecule has 0 spiro atoms. The zero-order valence-corrected chi connectivity index (χ0v) is 13.5. The molecule has 118 valence electrons. The van der Waals surface area contributed by atoms with E-state index in [0.29, 0.717) is 18.7 Å². The van der Waals surface area contributed by atoms with Crippen LogP contribution in [0.25, 0.3) is 0 Å². The molecule has 0 amide bonds. The molecule has 0 saturated heterocycles. The Morgan fingerprint density at radius 2 is 1.78 bits per heavy atom. The normalized spacial score (nSPS) is 18.4. The maximum absolute atomic E-state index is 12.1. The molecule has 1 aliphatic rings. The molecule has 0 bridgehead atoms. The molecule has 0 aromatic heterocycles. The minimum atomic E-state index is -0.187. The van der Waals surface area contributed by atoms with Crippen molar-refractivity contribution < 1.29 is 9.90 Å². The van der Waals surface area contributed by atoms with Crippen molar-refractivity contribution in [2.24, 2.45) is 0 Å². The first-order valence-electron chi connectivity index (χ1n) is 7.83. The molecule has 0 radical (unpaired) electrons. The van der Waals surface area contributed by atoms with Gasteiger partial charge in [0.15, 0.2) is 5.78 Å². The van der Waals surface area contributed by atoms with E-state index in [9.17, 15) is 9.90 Å². The molecule has 2 aromatic rings. The number of hydrogen-bond acceptors (Lipinski definition) is 3. The van der Waals surface area contributed by atoms with Crippen LogP contribution in [0.1, 0.15) is 29.7 Å². The first kappa shape index (κ1) is 15.5. The van der Waals surface area contributed by atoms with Gasteiger partial charge in [0, 0.05) is 6.54 Å². The van der Waals surface area contributed by atoms with Crippen molar-refractivity contribution in [2.75, 3.05) is 6.54 Å². The topological polar surface area (TPSA) is 40.5 Å². The van der Waals surface area contributed by atoms with Gasteiger partial charge in [-0.05, 0) is 25.0 Å². The first-order valence-corrected chi connectivity index (χ1v) is 7.83. The summed E-state index contributed by atoms with van der Waals surface area (Å²) >= 11 is 0. The van der Waals surface area contributed by atoms with Gasteiger partial charge in [-0.2, -0.15) is 0 Å². The number of ketones is 1. The summed E-state index contributed by atoms with van der Waals surface area (Å²) in [6.45, 7) is 4.67. The first-order chi connectivity index (χ1) is 11.1. The number of aryl methyl sites for hydroxylation is 1. The predicted octanol–water partition coefficient (Wildman–Crippen LogP) is 3.95. The smallest absolute Gasteiger partial charge is 0.161 e. The highest BCUT2D eigenvalue weighted by Crippen LogP contribution is 2.37. The van der Waals surface area contributed by atoms with Crippen LogP contribution in [0.3, 0.4) is 0 Å². The number of aliphatic hydroxyl groups is 1. The summed E-state index contributed by atoms with van der Waals surface area (Å²) in [5, 5.41) is 10.3. The van der Waals surface area contributed by atoms with E-state index in [0.717, 1.165) is 5.56 Å². The Hall–Kier alpha value is -2.39. The molecule has 1 atom stereocenters. The lowest BCUT2D eigenvalue weighted by Crippen LogP contribution is -2.26. The molecule has 3 rings (SSSR count). The molecule has 0 aliphatic carbocycles. The molecule has 2 aromatic carbocycles. The molecule has 3 nitrogen and oxygen atoms in total. The lowest BCUT2D eigenvalue weighted by atomic mass is 9.96. The quantitative estimate of drug-likeness (QED) is 0.929. The molecule has 3 heteroatoms. The van der Waals surface area contributed by atoms with Gasteiger partial charge in [-0.25, -0.2) is 0 Å². The van der Waals surface area contributed by atoms with E-state index in [1.54, 1.807) is 0 Å². The van der Waals surface area contributed by atoms with Crippen LogP contribution in [0.2, 0.25) is 0 Å². The highest BCUT2D eigenvalue weighted by atomic mass is 16.3. The van der Waals surface area contributed by atoms with E-state index in [-0.39, 0.29) is 17.6 Å². The van der Waals surface area contributed by atoms with Gasteiger partial charge >= 0.3 is 0 Å². The van der Waals surface area contributed by atoms with E-state index < -0.39 is 0 Å². The molecule has 0 saturated carbocycles. The summed E-state index contributed by atoms with van der Waals surface area (Å²) < 4.78 is 0. The van der Waals surface area contributed by atoms with Gasteiger partial charge in [0.25, 0.3) is 0 Å². The third kappa shape index (κ3) is 3.20. The fourth-order valence-corrected chi connectivity index (χ4v) is 3.20. The van der Waals surface area contributed by atoms with Crippen molar-refractivity contribution in [3.05, 3.63) is 82.6 Å². The third-order valence-electron chi connectivity index (χ3n) is 4.30. The zero-order valence-electron chi connectivity index (χ0n) is 13.5. The lowest BCUT2D eigenvalue weighted by molar-refractivity contribution is -0.114. The van der Waals surface area contributed by atoms with Gasteiger partial charge in [-0.1, -0.05) is 60.2 Å². The van der Waals surface area contributed by atoms with Gasteiger partial charge in [0.1, 0.15) is 5.76 Å². The summed E-state index contributed by atoms with van der Waals surface area (Å²) in [6.07, 6.45) is 0. The van der Waals surface area contributed by atoms with Gasteiger partial charge < -0.3 is 5.11 Å². The van der Waals surface area contributed by atoms with Crippen molar-refractivity contribution in [2.45, 2.75) is 26.4 Å². The van der Waals surface area contributed by atoms with Crippen LogP contribution in [0.5, 0.6) is 0 Å². The maximum atomic E-state index is 12.1. The monoisotopic (exact) mass is 307 g/mol. The van der Waals surface area contributed by atoms with Crippen molar-refractivity contribution in [3.63, 3.8) is 0 Å². The van der Waals surface area contributed by atoms with Crippen LogP contribution < -0.4 is 0 Å². The van der Waals surface area contributed by atoms with E-state index in [1.165, 1.54) is 18.1 Å². The molecule has 1 unspecified atom stereocenters. The van der Waals surface area contributed by atoms with Crippen LogP contribution in [-0.4, -0.2) is 22.3 Å². The van der Waals surface area contributed by atoms with Gasteiger partial charge in [-0.3, -0.25) is 9.69 Å². The largest absolute Gasteiger partial charge is 0.510 e. The average Bonchev–Trinajstić information content (AvgIpc) is 2.85. The standard InChI is InChI=1S/C20H21NO2/c1-14-8-10-17(11-9-14)20-19(15(2)22)18(23)13-21(20)12-16-6-4-3-5-7-16/h3-11,20,23H,12-13H2,1-2H3. The van der Waals surface area contributed by atoms with Crippen molar-refractivity contribution in [3.8, 4) is 0 Å². The molecular weight excluding hydrogens is 286 g/mol. The summed E-state index contributed by atoms with van der Waals surface area (Å²) in [5.74, 6) is 0.127. The Kier molecular flexibility index (Phi) is 4.30. The number of nitrogens with zero attached hydrogens (tertiary/aromatic N) is 1. The molecule has 1 N–H and O–H groups in total. The van der Waals surface area contributed by atoms with Gasteiger partial charge in [-0.15, -0.1) is 0 Å². The number of rotatable bonds is 4. The van der Waals surface area contributed by atoms with Gasteiger partial charge in [0.2, 0.25) is 0 Å². The van der Waals surface area contributed by atoms with E-state index >= 15 is 0 Å². The predicted molar refractivity (Wildman–Crippen MR) is 91.1 cm³/mol. The fraction of sp³-hybridized carbons (Fsp3) is 0.250. The number of carbonyl (C=O) groups excluding carboxylic acids is 1. The summed E-state index contributed by atoms with van der Waals surface area (Å²) in [7, 11) is 0. The van der Waals surface area contributed by atoms with E-state index in [1.807, 2.05) is 49.4 Å². The third-order valence-corrected chi connectivity index (χ3v) is 4.30. The summed E-state index contributed by atoms with van der Waals surface area (Å²) in [5.41, 5.74) is 3.91. The van der Waals surface area contributed by atoms with Crippen LogP contribution >= 0.6 is 0 Å². The van der Waals surface area contributed by atoms with Gasteiger partial charge in [0.05, 0.1) is 18.2 Å². The van der Waals surface area contributed by atoms with Crippen molar-refractivity contribution in [1.29, 1.82) is 0 Å². The second-order valence-corrected chi connectivity index (χ2v) is 6.12. The van der Waals surface area contributed by atoms with E-state index in [2.05, 4.69) is 17.0 Å². The molecular formula is C20H21NO2. The second-order valence-electron chi connectivity index (χ2n) is 6.12. The highest BCUT2D eigenvalue weighted by Gasteiger charge is 2.36. The summed E-state index contributed by atoms with van der Waals surface area (Å²) in [4.78, 5) is 14.2. The average molecular weight is 307 g/mol. The van der Waals surface area contributed by atoms with Crippen LogP contribution in [0, 0.1) is 6.92 Å². The minimum absolute atomic E-state index is 0.0661. The Balaban J connectivity index is 1.96. The second kappa shape index (κ2) is 6.39. The Morgan fingerprint density at radius 1 is 1.13 bits per heavy atom. The Labute approximate surface area is 136 Å². The maximum Gasteiger partial charge on any atom is 0.161 e. The summed E-state index contributed by atoms with van der Waals surface area (Å²) in [6, 6.07) is 18.1. The fourth-order valence-electron chi connectivity index (χ4n) is 3.20. The Bertz CT molecular complexity index is 732. The zero-order chi connectivity index (χ0) is 16.4. The van der Waals surface area contributed by atoms with Crippen LogP contribution in [0.15, 0.2) is 65.9 Å². The molecule has 1 heterocycles. The SMILES string of the molecule is CC(=O)C1=C(O)CN(Cc2ccccc2)C1c1ccc(C)cc1. The molecule has 0 fully saturated rings. The van der Waals surface area contributed by atoms with Crippen molar-refractivity contribution >= 4 is 5.78 Å². The number of hydrogen-bond donors (Lipinski definition) is 1. The number of aliphatic hydroxyl groups excluding tert-OH is 1. The lowest BCUT2D eigenvalue weighted by Gasteiger charge is -2.26.